The Morgan fingerprint density at radius 2 is 2.12 bits per heavy atom. The van der Waals surface area contributed by atoms with Gasteiger partial charge in [0.15, 0.2) is 0 Å². The lowest BCUT2D eigenvalue weighted by atomic mass is 9.81. The van der Waals surface area contributed by atoms with Crippen LogP contribution in [-0.4, -0.2) is 77.8 Å². The summed E-state index contributed by atoms with van der Waals surface area (Å²) < 4.78 is 5.47. The van der Waals surface area contributed by atoms with Gasteiger partial charge in [-0.3, -0.25) is 14.7 Å². The molecule has 6 heteroatoms. The fourth-order valence-corrected chi connectivity index (χ4v) is 5.02. The van der Waals surface area contributed by atoms with Crippen molar-refractivity contribution >= 4 is 5.97 Å². The average molecular weight is 359 g/mol. The van der Waals surface area contributed by atoms with Crippen molar-refractivity contribution in [2.75, 3.05) is 45.9 Å². The summed E-state index contributed by atoms with van der Waals surface area (Å²) in [7, 11) is 0. The molecule has 1 N–H and O–H groups in total. The van der Waals surface area contributed by atoms with Crippen LogP contribution in [0, 0.1) is 18.3 Å². The van der Waals surface area contributed by atoms with Crippen LogP contribution in [0.2, 0.25) is 0 Å². The molecule has 3 fully saturated rings. The van der Waals surface area contributed by atoms with E-state index in [1.54, 1.807) is 0 Å². The van der Waals surface area contributed by atoms with Crippen LogP contribution < -0.4 is 0 Å². The zero-order valence-electron chi connectivity index (χ0n) is 15.6. The number of ether oxygens (including phenoxy) is 1. The van der Waals surface area contributed by atoms with Crippen molar-refractivity contribution in [3.63, 3.8) is 0 Å². The minimum atomic E-state index is -0.617. The number of carboxylic acids is 1. The van der Waals surface area contributed by atoms with Gasteiger partial charge in [-0.15, -0.1) is 0 Å². The van der Waals surface area contributed by atoms with Crippen LogP contribution in [0.1, 0.15) is 24.2 Å². The number of aryl methyl sites for hydroxylation is 1. The predicted octanol–water partition coefficient (Wildman–Crippen LogP) is 1.43. The summed E-state index contributed by atoms with van der Waals surface area (Å²) >= 11 is 0. The molecule has 0 bridgehead atoms. The summed E-state index contributed by atoms with van der Waals surface area (Å²) in [5.41, 5.74) is 1.53. The quantitative estimate of drug-likeness (QED) is 0.858. The van der Waals surface area contributed by atoms with Gasteiger partial charge in [0.2, 0.25) is 0 Å². The molecule has 3 saturated heterocycles. The molecule has 6 nitrogen and oxygen atoms in total. The number of hydrogen-bond acceptors (Lipinski definition) is 5. The zero-order valence-corrected chi connectivity index (χ0v) is 15.6. The summed E-state index contributed by atoms with van der Waals surface area (Å²) in [6.45, 7) is 7.67. The molecule has 0 unspecified atom stereocenters. The largest absolute Gasteiger partial charge is 0.481 e. The Morgan fingerprint density at radius 3 is 2.81 bits per heavy atom. The van der Waals surface area contributed by atoms with E-state index in [-0.39, 0.29) is 5.92 Å². The second-order valence-electron chi connectivity index (χ2n) is 8.19. The summed E-state index contributed by atoms with van der Waals surface area (Å²) in [6.07, 6.45) is 2.95. The first-order valence-electron chi connectivity index (χ1n) is 9.77. The second-order valence-corrected chi connectivity index (χ2v) is 8.19. The molecular weight excluding hydrogens is 330 g/mol. The van der Waals surface area contributed by atoms with Crippen LogP contribution in [0.15, 0.2) is 18.2 Å². The maximum atomic E-state index is 12.2. The lowest BCUT2D eigenvalue weighted by Crippen LogP contribution is -2.44. The first-order chi connectivity index (χ1) is 12.6. The summed E-state index contributed by atoms with van der Waals surface area (Å²) in [6, 6.07) is 6.61. The molecule has 142 valence electrons. The van der Waals surface area contributed by atoms with E-state index in [9.17, 15) is 9.90 Å². The van der Waals surface area contributed by atoms with E-state index in [1.807, 2.05) is 19.1 Å². The highest BCUT2D eigenvalue weighted by Gasteiger charge is 2.58. The summed E-state index contributed by atoms with van der Waals surface area (Å²) in [5.74, 6) is -0.387. The Balaban J connectivity index is 1.39. The van der Waals surface area contributed by atoms with Crippen LogP contribution >= 0.6 is 0 Å². The van der Waals surface area contributed by atoms with Gasteiger partial charge in [-0.1, -0.05) is 6.07 Å². The maximum absolute atomic E-state index is 12.2. The molecule has 26 heavy (non-hydrogen) atoms. The molecule has 0 spiro atoms. The lowest BCUT2D eigenvalue weighted by molar-refractivity contribution is -0.149. The van der Waals surface area contributed by atoms with E-state index in [2.05, 4.69) is 20.9 Å². The smallest absolute Gasteiger partial charge is 0.312 e. The number of nitrogens with zero attached hydrogens (tertiary/aromatic N) is 3. The van der Waals surface area contributed by atoms with E-state index in [0.29, 0.717) is 19.1 Å². The minimum Gasteiger partial charge on any atom is -0.481 e. The van der Waals surface area contributed by atoms with Crippen molar-refractivity contribution in [3.05, 3.63) is 29.6 Å². The SMILES string of the molecule is Cc1cccc(CCN2C[C@H]3CN(C4CCOCC4)C[C@@]3(C(=O)O)C2)n1. The minimum absolute atomic E-state index is 0.230. The van der Waals surface area contributed by atoms with Crippen LogP contribution in [0.25, 0.3) is 0 Å². The van der Waals surface area contributed by atoms with E-state index in [4.69, 9.17) is 4.74 Å². The van der Waals surface area contributed by atoms with Gasteiger partial charge in [0.25, 0.3) is 0 Å². The lowest BCUT2D eigenvalue weighted by Gasteiger charge is -2.33. The van der Waals surface area contributed by atoms with E-state index in [1.165, 1.54) is 0 Å². The molecule has 1 aromatic heterocycles. The number of fused-ring (bicyclic) bond motifs is 1. The van der Waals surface area contributed by atoms with Crippen LogP contribution in [-0.2, 0) is 16.0 Å². The molecule has 4 rings (SSSR count). The number of aliphatic carboxylic acids is 1. The fraction of sp³-hybridized carbons (Fsp3) is 0.700. The monoisotopic (exact) mass is 359 g/mol. The van der Waals surface area contributed by atoms with Crippen molar-refractivity contribution in [2.24, 2.45) is 11.3 Å². The van der Waals surface area contributed by atoms with Crippen molar-refractivity contribution in [2.45, 2.75) is 32.2 Å². The molecule has 3 aliphatic heterocycles. The van der Waals surface area contributed by atoms with Gasteiger partial charge in [-0.05, 0) is 31.9 Å². The van der Waals surface area contributed by atoms with E-state index < -0.39 is 11.4 Å². The molecule has 3 aliphatic rings. The third kappa shape index (κ3) is 3.38. The molecule has 2 atom stereocenters. The van der Waals surface area contributed by atoms with Crippen LogP contribution in [0.3, 0.4) is 0 Å². The van der Waals surface area contributed by atoms with Crippen LogP contribution in [0.4, 0.5) is 0 Å². The van der Waals surface area contributed by atoms with E-state index in [0.717, 1.165) is 63.5 Å². The maximum Gasteiger partial charge on any atom is 0.312 e. The third-order valence-corrected chi connectivity index (χ3v) is 6.47. The standard InChI is InChI=1S/C20H29N3O3/c1-15-3-2-4-17(21-15)5-8-22-11-16-12-23(18-6-9-26-10-7-18)14-20(16,13-22)19(24)25/h2-4,16,18H,5-14H2,1H3,(H,24,25)/t16-,20-/m0/s1. The first-order valence-corrected chi connectivity index (χ1v) is 9.77. The van der Waals surface area contributed by atoms with E-state index >= 15 is 0 Å². The number of pyridine rings is 1. The Labute approximate surface area is 155 Å². The highest BCUT2D eigenvalue weighted by atomic mass is 16.5. The topological polar surface area (TPSA) is 65.9 Å². The van der Waals surface area contributed by atoms with Gasteiger partial charge in [0, 0.05) is 75.7 Å². The number of rotatable bonds is 5. The van der Waals surface area contributed by atoms with Gasteiger partial charge in [-0.2, -0.15) is 0 Å². The van der Waals surface area contributed by atoms with Gasteiger partial charge in [-0.25, -0.2) is 0 Å². The molecule has 0 radical (unpaired) electrons. The molecule has 1 aromatic rings. The third-order valence-electron chi connectivity index (χ3n) is 6.47. The number of carbonyl (C=O) groups is 1. The number of likely N-dealkylation sites (tertiary alicyclic amines) is 2. The Morgan fingerprint density at radius 1 is 1.31 bits per heavy atom. The molecule has 0 amide bonds. The van der Waals surface area contributed by atoms with Gasteiger partial charge < -0.3 is 14.7 Å². The number of aromatic nitrogens is 1. The normalized spacial score (nSPS) is 30.6. The molecule has 4 heterocycles. The first kappa shape index (κ1) is 17.9. The van der Waals surface area contributed by atoms with Crippen LogP contribution in [0.5, 0.6) is 0 Å². The van der Waals surface area contributed by atoms with Gasteiger partial charge in [0.05, 0.1) is 5.41 Å². The molecule has 0 saturated carbocycles. The highest BCUT2D eigenvalue weighted by molar-refractivity contribution is 5.77. The van der Waals surface area contributed by atoms with Gasteiger partial charge in [0.1, 0.15) is 0 Å². The van der Waals surface area contributed by atoms with Crippen molar-refractivity contribution < 1.29 is 14.6 Å². The fourth-order valence-electron chi connectivity index (χ4n) is 5.02. The van der Waals surface area contributed by atoms with Gasteiger partial charge >= 0.3 is 5.97 Å². The van der Waals surface area contributed by atoms with Crippen molar-refractivity contribution in [1.82, 2.24) is 14.8 Å². The zero-order chi connectivity index (χ0) is 18.1. The van der Waals surface area contributed by atoms with Crippen molar-refractivity contribution in [3.8, 4) is 0 Å². The Bertz CT molecular complexity index is 661. The highest BCUT2D eigenvalue weighted by Crippen LogP contribution is 2.44. The predicted molar refractivity (Wildman–Crippen MR) is 98.1 cm³/mol. The Kier molecular flexibility index (Phi) is 4.99. The second kappa shape index (κ2) is 7.25. The number of hydrogen-bond donors (Lipinski definition) is 1. The molecule has 0 aromatic carbocycles. The van der Waals surface area contributed by atoms with Crippen molar-refractivity contribution in [1.29, 1.82) is 0 Å². The molecule has 0 aliphatic carbocycles. The molecular formula is C20H29N3O3. The summed E-state index contributed by atoms with van der Waals surface area (Å²) in [4.78, 5) is 21.5. The Hall–Kier alpha value is -1.50. The average Bonchev–Trinajstić information content (AvgIpc) is 3.16. The summed E-state index contributed by atoms with van der Waals surface area (Å²) in [5, 5.41) is 10.0. The number of carboxylic acid groups (broad SMARTS) is 1.